The molecule has 0 bridgehead atoms. The Bertz CT molecular complexity index is 1880. The zero-order valence-corrected chi connectivity index (χ0v) is 27.5. The highest BCUT2D eigenvalue weighted by Gasteiger charge is 2.18. The van der Waals surface area contributed by atoms with Crippen molar-refractivity contribution in [3.63, 3.8) is 0 Å². The maximum absolute atomic E-state index is 11.3. The van der Waals surface area contributed by atoms with Crippen LogP contribution in [0, 0.1) is 0 Å². The van der Waals surface area contributed by atoms with Gasteiger partial charge >= 0.3 is 0 Å². The number of nitrogens with two attached hydrogens (primary N) is 1. The molecule has 6 aromatic rings. The molecule has 0 aliphatic rings. The molecule has 0 aliphatic heterocycles. The summed E-state index contributed by atoms with van der Waals surface area (Å²) in [6.45, 7) is 2.77. The van der Waals surface area contributed by atoms with E-state index in [1.165, 1.54) is 13.8 Å². The maximum Gasteiger partial charge on any atom is 0.221 e. The van der Waals surface area contributed by atoms with Gasteiger partial charge in [0.05, 0.1) is 11.4 Å². The summed E-state index contributed by atoms with van der Waals surface area (Å²) in [5, 5.41) is 6.52. The third-order valence-corrected chi connectivity index (χ3v) is 7.98. The fraction of sp³-hybridized carbons (Fsp3) is 0.0714. The molecule has 6 rings (SSSR count). The van der Waals surface area contributed by atoms with E-state index in [1.807, 2.05) is 60.7 Å². The summed E-state index contributed by atoms with van der Waals surface area (Å²) in [4.78, 5) is 20.5. The van der Waals surface area contributed by atoms with Gasteiger partial charge in [-0.15, -0.1) is 0 Å². The van der Waals surface area contributed by atoms with E-state index in [9.17, 15) is 9.59 Å². The van der Waals surface area contributed by atoms with Crippen molar-refractivity contribution in [2.24, 2.45) is 0 Å². The Kier molecular flexibility index (Phi) is 9.44. The Morgan fingerprint density at radius 2 is 1.18 bits per heavy atom. The van der Waals surface area contributed by atoms with Gasteiger partial charge in [-0.05, 0) is 99.6 Å². The standard InChI is InChI=1S/C14H9Br2NO2.C12H7Br2NO.C2H3ClO/c1-7(18)17-13-10(16)6-9(15)12-8-4-2-3-5-11(8)19-14(12)13;13-7-5-8(14)11(15)12-10(7)6-3-1-2-4-9(6)16-12;1-2(3)4/h2-6H,1H3,(H,17,18);1-5H,15H2;1H3. The number of amides is 1. The summed E-state index contributed by atoms with van der Waals surface area (Å²) >= 11 is 18.6. The smallest absolute Gasteiger partial charge is 0.221 e. The van der Waals surface area contributed by atoms with Crippen LogP contribution in [0.2, 0.25) is 0 Å². The number of nitrogen functional groups attached to an aromatic ring is 1. The molecule has 0 atom stereocenters. The van der Waals surface area contributed by atoms with Gasteiger partial charge in [0, 0.05) is 53.3 Å². The highest BCUT2D eigenvalue weighted by Crippen LogP contribution is 2.43. The van der Waals surface area contributed by atoms with Crippen LogP contribution in [0.3, 0.4) is 0 Å². The fourth-order valence-corrected chi connectivity index (χ4v) is 6.73. The van der Waals surface area contributed by atoms with Crippen LogP contribution < -0.4 is 11.1 Å². The summed E-state index contributed by atoms with van der Waals surface area (Å²) < 4.78 is 15.2. The molecule has 0 saturated carbocycles. The van der Waals surface area contributed by atoms with Crippen LogP contribution in [0.15, 0.2) is 87.4 Å². The van der Waals surface area contributed by atoms with Gasteiger partial charge in [0.15, 0.2) is 11.2 Å². The molecule has 0 aliphatic carbocycles. The zero-order valence-electron chi connectivity index (χ0n) is 20.4. The fourth-order valence-electron chi connectivity index (χ4n) is 3.96. The quantitative estimate of drug-likeness (QED) is 0.127. The maximum atomic E-state index is 11.3. The molecule has 0 spiro atoms. The number of furan rings is 2. The lowest BCUT2D eigenvalue weighted by Crippen LogP contribution is -2.06. The number of carbonyl (C=O) groups excluding carboxylic acids is 2. The largest absolute Gasteiger partial charge is 0.454 e. The topological polar surface area (TPSA) is 98.5 Å². The van der Waals surface area contributed by atoms with Crippen molar-refractivity contribution < 1.29 is 18.4 Å². The van der Waals surface area contributed by atoms with Crippen molar-refractivity contribution >= 4 is 142 Å². The summed E-state index contributed by atoms with van der Waals surface area (Å²) in [5.74, 6) is -0.134. The minimum absolute atomic E-state index is 0.134. The van der Waals surface area contributed by atoms with Crippen molar-refractivity contribution in [3.8, 4) is 0 Å². The Balaban J connectivity index is 0.000000161. The second kappa shape index (κ2) is 12.4. The molecule has 2 aromatic heterocycles. The first-order valence-corrected chi connectivity index (χ1v) is 14.8. The number of benzene rings is 4. The minimum atomic E-state index is -0.361. The molecular weight excluding hydrogens is 783 g/mol. The van der Waals surface area contributed by atoms with Gasteiger partial charge in [-0.1, -0.05) is 36.4 Å². The number of halogens is 5. The van der Waals surface area contributed by atoms with Crippen LogP contribution in [0.1, 0.15) is 13.8 Å². The number of hydrogen-bond acceptors (Lipinski definition) is 5. The normalized spacial score (nSPS) is 10.7. The van der Waals surface area contributed by atoms with Crippen LogP contribution in [-0.4, -0.2) is 11.1 Å². The van der Waals surface area contributed by atoms with E-state index in [0.717, 1.165) is 56.2 Å². The lowest BCUT2D eigenvalue weighted by molar-refractivity contribution is -0.114. The van der Waals surface area contributed by atoms with Crippen molar-refractivity contribution in [2.45, 2.75) is 13.8 Å². The molecule has 11 heteroatoms. The molecule has 0 unspecified atom stereocenters. The van der Waals surface area contributed by atoms with Crippen LogP contribution >= 0.6 is 75.3 Å². The van der Waals surface area contributed by atoms with Crippen molar-refractivity contribution in [1.82, 2.24) is 0 Å². The van der Waals surface area contributed by atoms with Crippen LogP contribution in [-0.2, 0) is 9.59 Å². The van der Waals surface area contributed by atoms with E-state index in [2.05, 4.69) is 80.6 Å². The molecule has 0 saturated heterocycles. The van der Waals surface area contributed by atoms with Gasteiger partial charge in [0.1, 0.15) is 11.2 Å². The number of rotatable bonds is 1. The molecule has 0 radical (unpaired) electrons. The predicted octanol–water partition coefficient (Wildman–Crippen LogP) is 10.5. The Morgan fingerprint density at radius 3 is 1.69 bits per heavy atom. The number of nitrogens with one attached hydrogen (secondary N) is 1. The average molecular weight is 803 g/mol. The first-order valence-electron chi connectivity index (χ1n) is 11.3. The first-order chi connectivity index (χ1) is 18.5. The van der Waals surface area contributed by atoms with Gasteiger partial charge in [0.25, 0.3) is 0 Å². The van der Waals surface area contributed by atoms with Crippen molar-refractivity contribution in [1.29, 1.82) is 0 Å². The molecular formula is C28H19Br4ClN2O4. The van der Waals surface area contributed by atoms with Gasteiger partial charge in [-0.3, -0.25) is 9.59 Å². The monoisotopic (exact) mass is 798 g/mol. The molecule has 0 fully saturated rings. The summed E-state index contributed by atoms with van der Waals surface area (Å²) in [6, 6.07) is 19.6. The second-order valence-corrected chi connectivity index (χ2v) is 12.2. The van der Waals surface area contributed by atoms with E-state index in [-0.39, 0.29) is 11.1 Å². The van der Waals surface area contributed by atoms with Crippen molar-refractivity contribution in [3.05, 3.63) is 78.6 Å². The van der Waals surface area contributed by atoms with Gasteiger partial charge < -0.3 is 19.9 Å². The number of para-hydroxylation sites is 2. The number of hydrogen-bond donors (Lipinski definition) is 2. The second-order valence-electron chi connectivity index (χ2n) is 8.23. The van der Waals surface area contributed by atoms with Gasteiger partial charge in [-0.2, -0.15) is 0 Å². The van der Waals surface area contributed by atoms with E-state index < -0.39 is 0 Å². The molecule has 2 heterocycles. The Hall–Kier alpha value is -2.37. The number of fused-ring (bicyclic) bond motifs is 6. The highest BCUT2D eigenvalue weighted by atomic mass is 79.9. The Morgan fingerprint density at radius 1 is 0.744 bits per heavy atom. The third kappa shape index (κ3) is 6.36. The van der Waals surface area contributed by atoms with E-state index in [4.69, 9.17) is 14.6 Å². The van der Waals surface area contributed by atoms with Gasteiger partial charge in [-0.25, -0.2) is 0 Å². The molecule has 4 aromatic carbocycles. The zero-order chi connectivity index (χ0) is 28.4. The van der Waals surface area contributed by atoms with Crippen LogP contribution in [0.5, 0.6) is 0 Å². The lowest BCUT2D eigenvalue weighted by atomic mass is 10.1. The molecule has 3 N–H and O–H groups in total. The molecule has 200 valence electrons. The van der Waals surface area contributed by atoms with E-state index in [1.54, 1.807) is 0 Å². The van der Waals surface area contributed by atoms with Crippen molar-refractivity contribution in [2.75, 3.05) is 11.1 Å². The first kappa shape index (κ1) is 29.6. The minimum Gasteiger partial charge on any atom is -0.454 e. The molecule has 39 heavy (non-hydrogen) atoms. The third-order valence-electron chi connectivity index (χ3n) is 5.44. The predicted molar refractivity (Wildman–Crippen MR) is 173 cm³/mol. The van der Waals surface area contributed by atoms with Crippen LogP contribution in [0.4, 0.5) is 11.4 Å². The molecule has 1 amide bonds. The summed E-state index contributed by atoms with van der Waals surface area (Å²) in [5.41, 5.74) is 10.3. The van der Waals surface area contributed by atoms with E-state index >= 15 is 0 Å². The average Bonchev–Trinajstić information content (AvgIpc) is 3.45. The van der Waals surface area contributed by atoms with E-state index in [0.29, 0.717) is 17.0 Å². The SMILES string of the molecule is CC(=O)Cl.CC(=O)Nc1c(Br)cc(Br)c2c1oc1ccccc12.Nc1c(Br)cc(Br)c2c1oc1ccccc12. The van der Waals surface area contributed by atoms with Crippen LogP contribution in [0.25, 0.3) is 43.9 Å². The lowest BCUT2D eigenvalue weighted by Gasteiger charge is -2.07. The number of carbonyl (C=O) groups is 2. The summed E-state index contributed by atoms with van der Waals surface area (Å²) in [6.07, 6.45) is 0. The van der Waals surface area contributed by atoms with Gasteiger partial charge in [0.2, 0.25) is 11.1 Å². The highest BCUT2D eigenvalue weighted by molar-refractivity contribution is 9.11. The summed E-state index contributed by atoms with van der Waals surface area (Å²) in [7, 11) is 0. The molecule has 6 nitrogen and oxygen atoms in total. The number of anilines is 2. The Labute approximate surface area is 261 Å².